The molecule has 0 saturated heterocycles. The van der Waals surface area contributed by atoms with E-state index in [1.165, 1.54) is 6.92 Å². The van der Waals surface area contributed by atoms with Crippen LogP contribution in [0.1, 0.15) is 42.1 Å². The van der Waals surface area contributed by atoms with Crippen molar-refractivity contribution < 1.29 is 14.3 Å². The van der Waals surface area contributed by atoms with Crippen LogP contribution < -0.4 is 0 Å². The third-order valence-electron chi connectivity index (χ3n) is 4.97. The lowest BCUT2D eigenvalue weighted by molar-refractivity contribution is -0.146. The molecule has 1 fully saturated rings. The maximum atomic E-state index is 13.0. The Morgan fingerprint density at radius 1 is 1.00 bits per heavy atom. The van der Waals surface area contributed by atoms with Crippen LogP contribution in [-0.2, 0) is 9.53 Å². The number of hydrogen-bond acceptors (Lipinski definition) is 3. The number of ketones is 1. The van der Waals surface area contributed by atoms with Crippen molar-refractivity contribution in [3.63, 3.8) is 0 Å². The standard InChI is InChI=1S/C23H24O3/c1-17(24)26-22(16-15-18-9-4-2-5-10-18)20-13-8-14-21(20)23(25)19-11-6-3-7-12-19/h2-7,9-12,15-16,20-22H,8,13-14H2,1H3/b16-15+/t20-,21-,22?/m0/s1. The predicted molar refractivity (Wildman–Crippen MR) is 103 cm³/mol. The maximum Gasteiger partial charge on any atom is 0.303 e. The number of rotatable bonds is 6. The Morgan fingerprint density at radius 2 is 1.65 bits per heavy atom. The molecule has 0 amide bonds. The molecular weight excluding hydrogens is 324 g/mol. The quantitative estimate of drug-likeness (QED) is 0.549. The van der Waals surface area contributed by atoms with E-state index in [4.69, 9.17) is 4.74 Å². The van der Waals surface area contributed by atoms with E-state index in [0.29, 0.717) is 0 Å². The first-order valence-electron chi connectivity index (χ1n) is 9.15. The average molecular weight is 348 g/mol. The number of carbonyl (C=O) groups excluding carboxylic acids is 2. The van der Waals surface area contributed by atoms with Gasteiger partial charge in [-0.25, -0.2) is 0 Å². The molecule has 0 bridgehead atoms. The normalized spacial score (nSPS) is 20.8. The second-order valence-corrected chi connectivity index (χ2v) is 6.78. The van der Waals surface area contributed by atoms with Gasteiger partial charge in [-0.05, 0) is 24.5 Å². The minimum atomic E-state index is -0.382. The largest absolute Gasteiger partial charge is 0.458 e. The molecule has 0 radical (unpaired) electrons. The Labute approximate surface area is 154 Å². The maximum absolute atomic E-state index is 13.0. The highest BCUT2D eigenvalue weighted by Gasteiger charge is 2.38. The molecule has 1 saturated carbocycles. The van der Waals surface area contributed by atoms with E-state index in [2.05, 4.69) is 0 Å². The number of Topliss-reactive ketones (excluding diaryl/α,β-unsaturated/α-hetero) is 1. The van der Waals surface area contributed by atoms with E-state index >= 15 is 0 Å². The highest BCUT2D eigenvalue weighted by Crippen LogP contribution is 2.38. The van der Waals surface area contributed by atoms with Gasteiger partial charge in [0, 0.05) is 24.3 Å². The zero-order valence-electron chi connectivity index (χ0n) is 15.0. The van der Waals surface area contributed by atoms with Crippen LogP contribution in [0, 0.1) is 11.8 Å². The summed E-state index contributed by atoms with van der Waals surface area (Å²) in [5, 5.41) is 0. The van der Waals surface area contributed by atoms with Crippen molar-refractivity contribution in [3.05, 3.63) is 77.9 Å². The summed E-state index contributed by atoms with van der Waals surface area (Å²) in [5.41, 5.74) is 1.78. The van der Waals surface area contributed by atoms with Crippen molar-refractivity contribution in [2.45, 2.75) is 32.3 Å². The summed E-state index contributed by atoms with van der Waals surface area (Å²) in [7, 11) is 0. The lowest BCUT2D eigenvalue weighted by Gasteiger charge is -2.25. The van der Waals surface area contributed by atoms with Crippen molar-refractivity contribution in [1.82, 2.24) is 0 Å². The van der Waals surface area contributed by atoms with Crippen molar-refractivity contribution in [2.24, 2.45) is 11.8 Å². The lowest BCUT2D eigenvalue weighted by Crippen LogP contribution is -2.31. The summed E-state index contributed by atoms with van der Waals surface area (Å²) < 4.78 is 5.59. The van der Waals surface area contributed by atoms with Crippen LogP contribution in [0.4, 0.5) is 0 Å². The molecule has 0 heterocycles. The number of esters is 1. The Kier molecular flexibility index (Phi) is 6.00. The SMILES string of the molecule is CC(=O)OC(/C=C/c1ccccc1)[C@H]1CCC[C@@H]1C(=O)c1ccccc1. The fraction of sp³-hybridized carbons (Fsp3) is 0.304. The topological polar surface area (TPSA) is 43.4 Å². The summed E-state index contributed by atoms with van der Waals surface area (Å²) in [6, 6.07) is 19.3. The monoisotopic (exact) mass is 348 g/mol. The zero-order chi connectivity index (χ0) is 18.4. The third kappa shape index (κ3) is 4.48. The van der Waals surface area contributed by atoms with Crippen LogP contribution in [-0.4, -0.2) is 17.9 Å². The molecule has 2 aromatic carbocycles. The number of benzene rings is 2. The van der Waals surface area contributed by atoms with Crippen molar-refractivity contribution in [2.75, 3.05) is 0 Å². The van der Waals surface area contributed by atoms with Crippen LogP contribution in [0.15, 0.2) is 66.7 Å². The highest BCUT2D eigenvalue weighted by atomic mass is 16.5. The molecule has 2 aromatic rings. The van der Waals surface area contributed by atoms with Gasteiger partial charge in [-0.1, -0.05) is 73.2 Å². The van der Waals surface area contributed by atoms with Gasteiger partial charge in [-0.3, -0.25) is 9.59 Å². The summed E-state index contributed by atoms with van der Waals surface area (Å²) >= 11 is 0. The van der Waals surface area contributed by atoms with Gasteiger partial charge in [0.15, 0.2) is 5.78 Å². The minimum Gasteiger partial charge on any atom is -0.458 e. The van der Waals surface area contributed by atoms with Gasteiger partial charge >= 0.3 is 5.97 Å². The van der Waals surface area contributed by atoms with Crippen molar-refractivity contribution in [3.8, 4) is 0 Å². The lowest BCUT2D eigenvalue weighted by atomic mass is 9.84. The molecule has 26 heavy (non-hydrogen) atoms. The molecule has 3 atom stereocenters. The van der Waals surface area contributed by atoms with E-state index in [0.717, 1.165) is 30.4 Å². The van der Waals surface area contributed by atoms with E-state index in [9.17, 15) is 9.59 Å². The zero-order valence-corrected chi connectivity index (χ0v) is 15.0. The fourth-order valence-corrected chi connectivity index (χ4v) is 3.76. The Morgan fingerprint density at radius 3 is 2.31 bits per heavy atom. The van der Waals surface area contributed by atoms with Crippen LogP contribution in [0.5, 0.6) is 0 Å². The Hall–Kier alpha value is -2.68. The van der Waals surface area contributed by atoms with E-state index in [-0.39, 0.29) is 29.7 Å². The molecule has 1 aliphatic rings. The number of hydrogen-bond donors (Lipinski definition) is 0. The summed E-state index contributed by atoms with van der Waals surface area (Å²) in [6.45, 7) is 1.42. The van der Waals surface area contributed by atoms with Gasteiger partial charge in [-0.15, -0.1) is 0 Å². The Bertz CT molecular complexity index is 765. The van der Waals surface area contributed by atoms with Gasteiger partial charge < -0.3 is 4.74 Å². The minimum absolute atomic E-state index is 0.0200. The molecule has 1 unspecified atom stereocenters. The molecular formula is C23H24O3. The molecule has 0 aliphatic heterocycles. The first-order valence-corrected chi connectivity index (χ1v) is 9.15. The van der Waals surface area contributed by atoms with Gasteiger partial charge in [0.1, 0.15) is 6.10 Å². The highest BCUT2D eigenvalue weighted by molar-refractivity contribution is 5.98. The molecule has 3 rings (SSSR count). The average Bonchev–Trinajstić information content (AvgIpc) is 3.15. The second-order valence-electron chi connectivity index (χ2n) is 6.78. The van der Waals surface area contributed by atoms with Gasteiger partial charge in [-0.2, -0.15) is 0 Å². The van der Waals surface area contributed by atoms with Crippen molar-refractivity contribution >= 4 is 17.8 Å². The van der Waals surface area contributed by atoms with Crippen molar-refractivity contribution in [1.29, 1.82) is 0 Å². The second kappa shape index (κ2) is 8.61. The molecule has 1 aliphatic carbocycles. The summed E-state index contributed by atoms with van der Waals surface area (Å²) in [6.07, 6.45) is 6.22. The van der Waals surface area contributed by atoms with Gasteiger partial charge in [0.25, 0.3) is 0 Å². The Balaban J connectivity index is 1.81. The first kappa shape index (κ1) is 18.1. The predicted octanol–water partition coefficient (Wildman–Crippen LogP) is 4.93. The molecule has 3 nitrogen and oxygen atoms in total. The number of ether oxygens (including phenoxy) is 1. The molecule has 134 valence electrons. The van der Waals surface area contributed by atoms with Crippen LogP contribution in [0.2, 0.25) is 0 Å². The number of carbonyl (C=O) groups is 2. The smallest absolute Gasteiger partial charge is 0.303 e. The molecule has 3 heteroatoms. The van der Waals surface area contributed by atoms with Gasteiger partial charge in [0.2, 0.25) is 0 Å². The summed E-state index contributed by atoms with van der Waals surface area (Å²) in [4.78, 5) is 24.6. The fourth-order valence-electron chi connectivity index (χ4n) is 3.76. The van der Waals surface area contributed by atoms with E-state index < -0.39 is 0 Å². The first-order chi connectivity index (χ1) is 12.6. The van der Waals surface area contributed by atoms with E-state index in [1.54, 1.807) is 0 Å². The third-order valence-corrected chi connectivity index (χ3v) is 4.97. The molecule has 0 N–H and O–H groups in total. The molecule has 0 spiro atoms. The molecule has 0 aromatic heterocycles. The van der Waals surface area contributed by atoms with Crippen LogP contribution in [0.25, 0.3) is 6.08 Å². The summed E-state index contributed by atoms with van der Waals surface area (Å²) in [5.74, 6) is -0.252. The van der Waals surface area contributed by atoms with E-state index in [1.807, 2.05) is 72.8 Å². The van der Waals surface area contributed by atoms with Crippen LogP contribution in [0.3, 0.4) is 0 Å². The van der Waals surface area contributed by atoms with Gasteiger partial charge in [0.05, 0.1) is 0 Å². The van der Waals surface area contributed by atoms with Crippen LogP contribution >= 0.6 is 0 Å².